The average molecular weight is 316 g/mol. The van der Waals surface area contributed by atoms with E-state index in [1.165, 1.54) is 18.4 Å². The molecule has 2 rings (SSSR count). The van der Waals surface area contributed by atoms with Crippen molar-refractivity contribution in [1.82, 2.24) is 5.32 Å². The van der Waals surface area contributed by atoms with Crippen molar-refractivity contribution in [2.24, 2.45) is 0 Å². The zero-order valence-electron chi connectivity index (χ0n) is 10.3. The lowest BCUT2D eigenvalue weighted by molar-refractivity contribution is 0.407. The van der Waals surface area contributed by atoms with Crippen LogP contribution in [0, 0.1) is 0 Å². The fourth-order valence-corrected chi connectivity index (χ4v) is 3.07. The molecule has 1 saturated carbocycles. The lowest BCUT2D eigenvalue weighted by Crippen LogP contribution is -2.25. The minimum atomic E-state index is 0.513. The zero-order chi connectivity index (χ0) is 12.3. The maximum absolute atomic E-state index is 5.36. The molecule has 0 saturated heterocycles. The molecule has 1 N–H and O–H groups in total. The molecular weight excluding hydrogens is 298 g/mol. The quantitative estimate of drug-likeness (QED) is 0.869. The van der Waals surface area contributed by atoms with E-state index in [0.29, 0.717) is 4.75 Å². The fourth-order valence-electron chi connectivity index (χ4n) is 1.90. The van der Waals surface area contributed by atoms with Crippen LogP contribution in [-0.4, -0.2) is 24.7 Å². The van der Waals surface area contributed by atoms with Gasteiger partial charge in [0.15, 0.2) is 0 Å². The summed E-state index contributed by atoms with van der Waals surface area (Å²) < 4.78 is 6.97. The highest BCUT2D eigenvalue weighted by Gasteiger charge is 2.41. The van der Waals surface area contributed by atoms with E-state index in [1.807, 2.05) is 23.9 Å². The number of thioether (sulfide) groups is 1. The van der Waals surface area contributed by atoms with Gasteiger partial charge in [0.25, 0.3) is 0 Å². The summed E-state index contributed by atoms with van der Waals surface area (Å²) in [5, 5.41) is 3.54. The van der Waals surface area contributed by atoms with Gasteiger partial charge in [-0.25, -0.2) is 0 Å². The van der Waals surface area contributed by atoms with Gasteiger partial charge in [-0.1, -0.05) is 15.9 Å². The van der Waals surface area contributed by atoms with Crippen LogP contribution in [0.3, 0.4) is 0 Å². The zero-order valence-corrected chi connectivity index (χ0v) is 12.7. The van der Waals surface area contributed by atoms with E-state index in [-0.39, 0.29) is 0 Å². The van der Waals surface area contributed by atoms with E-state index in [4.69, 9.17) is 4.74 Å². The first-order valence-electron chi connectivity index (χ1n) is 5.77. The number of nitrogens with one attached hydrogen (secondary N) is 1. The third-order valence-electron chi connectivity index (χ3n) is 3.25. The van der Waals surface area contributed by atoms with Crippen molar-refractivity contribution in [3.8, 4) is 5.75 Å². The molecule has 94 valence electrons. The Kier molecular flexibility index (Phi) is 4.39. The molecule has 0 spiro atoms. The Morgan fingerprint density at radius 1 is 1.47 bits per heavy atom. The molecule has 0 heterocycles. The molecule has 0 bridgehead atoms. The number of hydrogen-bond donors (Lipinski definition) is 1. The Bertz CT molecular complexity index is 393. The monoisotopic (exact) mass is 315 g/mol. The van der Waals surface area contributed by atoms with Crippen molar-refractivity contribution in [3.05, 3.63) is 28.2 Å². The van der Waals surface area contributed by atoms with Gasteiger partial charge in [0.2, 0.25) is 0 Å². The van der Waals surface area contributed by atoms with Crippen molar-refractivity contribution in [2.75, 3.05) is 19.9 Å². The molecular formula is C13H18BrNOS. The molecule has 0 unspecified atom stereocenters. The molecule has 1 aliphatic carbocycles. The van der Waals surface area contributed by atoms with Crippen molar-refractivity contribution < 1.29 is 4.74 Å². The third-order valence-corrected chi connectivity index (χ3v) is 5.16. The lowest BCUT2D eigenvalue weighted by atomic mass is 10.2. The van der Waals surface area contributed by atoms with Gasteiger partial charge in [0.1, 0.15) is 5.75 Å². The number of benzene rings is 1. The molecule has 1 aromatic carbocycles. The Balaban J connectivity index is 1.91. The van der Waals surface area contributed by atoms with Crippen LogP contribution < -0.4 is 10.1 Å². The van der Waals surface area contributed by atoms with Crippen molar-refractivity contribution in [2.45, 2.75) is 24.1 Å². The van der Waals surface area contributed by atoms with E-state index in [9.17, 15) is 0 Å². The summed E-state index contributed by atoms with van der Waals surface area (Å²) in [6.45, 7) is 1.95. The van der Waals surface area contributed by atoms with Crippen molar-refractivity contribution >= 4 is 27.7 Å². The molecule has 0 aliphatic heterocycles. The average Bonchev–Trinajstić information content (AvgIpc) is 3.10. The number of rotatable bonds is 6. The Morgan fingerprint density at radius 2 is 2.24 bits per heavy atom. The van der Waals surface area contributed by atoms with Crippen molar-refractivity contribution in [1.29, 1.82) is 0 Å². The van der Waals surface area contributed by atoms with Crippen LogP contribution in [0.25, 0.3) is 0 Å². The minimum absolute atomic E-state index is 0.513. The van der Waals surface area contributed by atoms with Gasteiger partial charge in [0.05, 0.1) is 7.11 Å². The highest BCUT2D eigenvalue weighted by atomic mass is 79.9. The number of methoxy groups -OCH3 is 1. The summed E-state index contributed by atoms with van der Waals surface area (Å²) in [6, 6.07) is 6.12. The first-order chi connectivity index (χ1) is 8.19. The molecule has 1 fully saturated rings. The van der Waals surface area contributed by atoms with Crippen LogP contribution in [0.1, 0.15) is 18.4 Å². The van der Waals surface area contributed by atoms with Gasteiger partial charge >= 0.3 is 0 Å². The van der Waals surface area contributed by atoms with E-state index in [0.717, 1.165) is 23.3 Å². The molecule has 0 radical (unpaired) electrons. The van der Waals surface area contributed by atoms with E-state index in [1.54, 1.807) is 7.11 Å². The first kappa shape index (κ1) is 13.2. The van der Waals surface area contributed by atoms with Gasteiger partial charge in [-0.2, -0.15) is 11.8 Å². The maximum Gasteiger partial charge on any atom is 0.123 e. The molecule has 1 aliphatic rings. The topological polar surface area (TPSA) is 21.3 Å². The second-order valence-corrected chi connectivity index (χ2v) is 6.64. The summed E-state index contributed by atoms with van der Waals surface area (Å²) in [6.07, 6.45) is 4.89. The molecule has 1 aromatic rings. The summed E-state index contributed by atoms with van der Waals surface area (Å²) in [7, 11) is 1.72. The summed E-state index contributed by atoms with van der Waals surface area (Å²) in [5.41, 5.74) is 1.21. The number of halogens is 1. The van der Waals surface area contributed by atoms with Gasteiger partial charge < -0.3 is 10.1 Å². The molecule has 17 heavy (non-hydrogen) atoms. The van der Waals surface area contributed by atoms with Crippen LogP contribution in [-0.2, 0) is 6.54 Å². The van der Waals surface area contributed by atoms with Crippen LogP contribution in [0.15, 0.2) is 22.7 Å². The fraction of sp³-hybridized carbons (Fsp3) is 0.538. The third kappa shape index (κ3) is 3.39. The van der Waals surface area contributed by atoms with Crippen LogP contribution in [0.2, 0.25) is 0 Å². The smallest absolute Gasteiger partial charge is 0.123 e. The SMILES string of the molecule is COc1ccc(Br)cc1CNCC1(SC)CC1. The first-order valence-corrected chi connectivity index (χ1v) is 7.79. The predicted molar refractivity (Wildman–Crippen MR) is 77.9 cm³/mol. The second kappa shape index (κ2) is 5.63. The number of ether oxygens (including phenoxy) is 1. The molecule has 0 atom stereocenters. The molecule has 0 amide bonds. The summed E-state index contributed by atoms with van der Waals surface area (Å²) in [4.78, 5) is 0. The second-order valence-electron chi connectivity index (χ2n) is 4.45. The van der Waals surface area contributed by atoms with E-state index >= 15 is 0 Å². The highest BCUT2D eigenvalue weighted by molar-refractivity contribution is 9.10. The molecule has 0 aromatic heterocycles. The minimum Gasteiger partial charge on any atom is -0.496 e. The van der Waals surface area contributed by atoms with Gasteiger partial charge in [0, 0.05) is 27.9 Å². The Labute approximate surface area is 116 Å². The largest absolute Gasteiger partial charge is 0.496 e. The van der Waals surface area contributed by atoms with Crippen molar-refractivity contribution in [3.63, 3.8) is 0 Å². The van der Waals surface area contributed by atoms with Crippen LogP contribution in [0.4, 0.5) is 0 Å². The molecule has 4 heteroatoms. The number of hydrogen-bond acceptors (Lipinski definition) is 3. The summed E-state index contributed by atoms with van der Waals surface area (Å²) in [5.74, 6) is 0.953. The van der Waals surface area contributed by atoms with E-state index in [2.05, 4.69) is 33.6 Å². The van der Waals surface area contributed by atoms with Gasteiger partial charge in [-0.15, -0.1) is 0 Å². The van der Waals surface area contributed by atoms with Gasteiger partial charge in [-0.3, -0.25) is 0 Å². The van der Waals surface area contributed by atoms with Crippen LogP contribution >= 0.6 is 27.7 Å². The maximum atomic E-state index is 5.36. The Morgan fingerprint density at radius 3 is 2.82 bits per heavy atom. The molecule has 2 nitrogen and oxygen atoms in total. The Hall–Kier alpha value is -0.190. The predicted octanol–water partition coefficient (Wildman–Crippen LogP) is 3.44. The van der Waals surface area contributed by atoms with Crippen LogP contribution in [0.5, 0.6) is 5.75 Å². The summed E-state index contributed by atoms with van der Waals surface area (Å²) >= 11 is 5.48. The highest BCUT2D eigenvalue weighted by Crippen LogP contribution is 2.46. The normalized spacial score (nSPS) is 16.9. The standard InChI is InChI=1S/C13H18BrNOS/c1-16-12-4-3-11(14)7-10(12)8-15-9-13(17-2)5-6-13/h3-4,7,15H,5-6,8-9H2,1-2H3. The van der Waals surface area contributed by atoms with E-state index < -0.39 is 0 Å². The lowest BCUT2D eigenvalue weighted by Gasteiger charge is -2.14. The van der Waals surface area contributed by atoms with Gasteiger partial charge in [-0.05, 0) is 37.3 Å².